The molecule has 0 fully saturated rings. The number of amides is 1. The fourth-order valence-corrected chi connectivity index (χ4v) is 2.00. The molecule has 8 nitrogen and oxygen atoms in total. The normalized spacial score (nSPS) is 12.4. The van der Waals surface area contributed by atoms with Gasteiger partial charge in [-0.05, 0) is 18.7 Å². The van der Waals surface area contributed by atoms with E-state index in [9.17, 15) is 4.79 Å². The van der Waals surface area contributed by atoms with Gasteiger partial charge in [-0.1, -0.05) is 5.21 Å². The van der Waals surface area contributed by atoms with Gasteiger partial charge in [-0.3, -0.25) is 4.79 Å². The molecule has 1 aliphatic heterocycles. The van der Waals surface area contributed by atoms with Crippen molar-refractivity contribution in [1.29, 1.82) is 0 Å². The van der Waals surface area contributed by atoms with Crippen molar-refractivity contribution in [2.75, 3.05) is 18.7 Å². The van der Waals surface area contributed by atoms with Gasteiger partial charge in [-0.25, -0.2) is 4.68 Å². The predicted octanol–water partition coefficient (Wildman–Crippen LogP) is 0.147. The molecule has 2 aromatic rings. The summed E-state index contributed by atoms with van der Waals surface area (Å²) in [5.74, 6) is 1.10. The van der Waals surface area contributed by atoms with E-state index in [2.05, 4.69) is 15.6 Å². The first-order valence-corrected chi connectivity index (χ1v) is 6.53. The van der Waals surface area contributed by atoms with Crippen LogP contribution in [0.3, 0.4) is 0 Å². The maximum atomic E-state index is 12.0. The molecular weight excluding hydrogens is 274 g/mol. The van der Waals surface area contributed by atoms with E-state index in [0.717, 1.165) is 5.69 Å². The van der Waals surface area contributed by atoms with E-state index in [-0.39, 0.29) is 19.2 Å². The second-order valence-electron chi connectivity index (χ2n) is 4.56. The number of nitrogens with one attached hydrogen (secondary N) is 1. The zero-order valence-electron chi connectivity index (χ0n) is 11.3. The summed E-state index contributed by atoms with van der Waals surface area (Å²) < 4.78 is 11.9. The predicted molar refractivity (Wildman–Crippen MR) is 74.0 cm³/mol. The monoisotopic (exact) mass is 289 g/mol. The van der Waals surface area contributed by atoms with E-state index in [1.165, 1.54) is 4.68 Å². The summed E-state index contributed by atoms with van der Waals surface area (Å²) in [4.78, 5) is 12.0. The Labute approximate surface area is 120 Å². The standard InChI is InChI=1S/C13H15N5O3/c14-4-3-10-6-18(17-16-10)7-13(19)15-9-1-2-11-12(5-9)21-8-20-11/h1-2,5-6H,3-4,7-8,14H2,(H,15,19). The molecule has 21 heavy (non-hydrogen) atoms. The van der Waals surface area contributed by atoms with Gasteiger partial charge in [0.1, 0.15) is 6.54 Å². The summed E-state index contributed by atoms with van der Waals surface area (Å²) >= 11 is 0. The number of anilines is 1. The van der Waals surface area contributed by atoms with Gasteiger partial charge in [0.2, 0.25) is 12.7 Å². The lowest BCUT2D eigenvalue weighted by atomic mass is 10.3. The molecule has 0 radical (unpaired) electrons. The molecule has 0 saturated heterocycles. The van der Waals surface area contributed by atoms with Crippen molar-refractivity contribution in [2.24, 2.45) is 5.73 Å². The van der Waals surface area contributed by atoms with Gasteiger partial charge >= 0.3 is 0 Å². The number of carbonyl (C=O) groups is 1. The summed E-state index contributed by atoms with van der Waals surface area (Å²) in [6.07, 6.45) is 2.36. The highest BCUT2D eigenvalue weighted by molar-refractivity contribution is 5.90. The van der Waals surface area contributed by atoms with E-state index >= 15 is 0 Å². The van der Waals surface area contributed by atoms with E-state index in [4.69, 9.17) is 15.2 Å². The van der Waals surface area contributed by atoms with Crippen LogP contribution in [0.5, 0.6) is 11.5 Å². The van der Waals surface area contributed by atoms with E-state index in [1.54, 1.807) is 24.4 Å². The van der Waals surface area contributed by atoms with Gasteiger partial charge in [0.05, 0.1) is 5.69 Å². The Bertz CT molecular complexity index is 655. The number of nitrogens with zero attached hydrogens (tertiary/aromatic N) is 3. The number of aromatic nitrogens is 3. The zero-order valence-corrected chi connectivity index (χ0v) is 11.3. The van der Waals surface area contributed by atoms with Crippen molar-refractivity contribution >= 4 is 11.6 Å². The van der Waals surface area contributed by atoms with Gasteiger partial charge < -0.3 is 20.5 Å². The minimum atomic E-state index is -0.196. The lowest BCUT2D eigenvalue weighted by Crippen LogP contribution is -2.19. The highest BCUT2D eigenvalue weighted by Gasteiger charge is 2.14. The first-order valence-electron chi connectivity index (χ1n) is 6.53. The van der Waals surface area contributed by atoms with Crippen LogP contribution in [-0.2, 0) is 17.8 Å². The Morgan fingerprint density at radius 2 is 2.24 bits per heavy atom. The molecule has 0 unspecified atom stereocenters. The first-order chi connectivity index (χ1) is 10.2. The summed E-state index contributed by atoms with van der Waals surface area (Å²) in [6, 6.07) is 5.24. The van der Waals surface area contributed by atoms with Crippen molar-refractivity contribution in [3.63, 3.8) is 0 Å². The Balaban J connectivity index is 1.60. The average molecular weight is 289 g/mol. The summed E-state index contributed by atoms with van der Waals surface area (Å²) in [5.41, 5.74) is 6.86. The molecule has 110 valence electrons. The summed E-state index contributed by atoms with van der Waals surface area (Å²) in [6.45, 7) is 0.795. The lowest BCUT2D eigenvalue weighted by Gasteiger charge is -2.05. The molecule has 1 aromatic carbocycles. The third kappa shape index (κ3) is 3.11. The molecule has 0 bridgehead atoms. The third-order valence-corrected chi connectivity index (χ3v) is 2.95. The fourth-order valence-electron chi connectivity index (χ4n) is 2.00. The minimum absolute atomic E-state index is 0.0893. The number of rotatable bonds is 5. The van der Waals surface area contributed by atoms with Crippen LogP contribution in [0.25, 0.3) is 0 Å². The summed E-state index contributed by atoms with van der Waals surface area (Å²) in [5, 5.41) is 10.6. The fraction of sp³-hybridized carbons (Fsp3) is 0.308. The largest absolute Gasteiger partial charge is 0.454 e. The number of hydrogen-bond acceptors (Lipinski definition) is 6. The quantitative estimate of drug-likeness (QED) is 0.811. The molecule has 1 aromatic heterocycles. The second-order valence-corrected chi connectivity index (χ2v) is 4.56. The molecule has 0 saturated carbocycles. The first kappa shape index (κ1) is 13.4. The topological polar surface area (TPSA) is 104 Å². The van der Waals surface area contributed by atoms with Gasteiger partial charge in [-0.15, -0.1) is 5.10 Å². The smallest absolute Gasteiger partial charge is 0.246 e. The Kier molecular flexibility index (Phi) is 3.69. The highest BCUT2D eigenvalue weighted by atomic mass is 16.7. The number of carbonyl (C=O) groups excluding carboxylic acids is 1. The lowest BCUT2D eigenvalue weighted by molar-refractivity contribution is -0.116. The van der Waals surface area contributed by atoms with Gasteiger partial charge in [0, 0.05) is 24.4 Å². The number of ether oxygens (including phenoxy) is 2. The molecule has 1 amide bonds. The van der Waals surface area contributed by atoms with Crippen LogP contribution in [-0.4, -0.2) is 34.2 Å². The molecule has 2 heterocycles. The van der Waals surface area contributed by atoms with Crippen molar-refractivity contribution in [1.82, 2.24) is 15.0 Å². The molecule has 3 N–H and O–H groups in total. The van der Waals surface area contributed by atoms with Crippen molar-refractivity contribution < 1.29 is 14.3 Å². The summed E-state index contributed by atoms with van der Waals surface area (Å²) in [7, 11) is 0. The van der Waals surface area contributed by atoms with Crippen LogP contribution in [0.4, 0.5) is 5.69 Å². The minimum Gasteiger partial charge on any atom is -0.454 e. The van der Waals surface area contributed by atoms with E-state index in [1.807, 2.05) is 0 Å². The molecule has 0 spiro atoms. The molecule has 0 atom stereocenters. The molecule has 1 aliphatic rings. The SMILES string of the molecule is NCCc1cn(CC(=O)Nc2ccc3c(c2)OCO3)nn1. The Morgan fingerprint density at radius 3 is 3.10 bits per heavy atom. The maximum Gasteiger partial charge on any atom is 0.246 e. The van der Waals surface area contributed by atoms with Crippen LogP contribution >= 0.6 is 0 Å². The zero-order chi connectivity index (χ0) is 14.7. The van der Waals surface area contributed by atoms with Gasteiger partial charge in [0.25, 0.3) is 0 Å². The number of nitrogens with two attached hydrogens (primary N) is 1. The third-order valence-electron chi connectivity index (χ3n) is 2.95. The number of fused-ring (bicyclic) bond motifs is 1. The van der Waals surface area contributed by atoms with Crippen LogP contribution in [0, 0.1) is 0 Å². The maximum absolute atomic E-state index is 12.0. The average Bonchev–Trinajstić information content (AvgIpc) is 3.08. The van der Waals surface area contributed by atoms with Crippen molar-refractivity contribution in [3.8, 4) is 11.5 Å². The van der Waals surface area contributed by atoms with Crippen LogP contribution in [0.2, 0.25) is 0 Å². The van der Waals surface area contributed by atoms with Gasteiger partial charge in [-0.2, -0.15) is 0 Å². The second kappa shape index (κ2) is 5.80. The van der Waals surface area contributed by atoms with Crippen molar-refractivity contribution in [2.45, 2.75) is 13.0 Å². The Hall–Kier alpha value is -2.61. The van der Waals surface area contributed by atoms with Crippen LogP contribution in [0.1, 0.15) is 5.69 Å². The molecular formula is C13H15N5O3. The molecule has 0 aliphatic carbocycles. The van der Waals surface area contributed by atoms with Crippen molar-refractivity contribution in [3.05, 3.63) is 30.1 Å². The molecule has 8 heteroatoms. The van der Waals surface area contributed by atoms with Gasteiger partial charge in [0.15, 0.2) is 11.5 Å². The van der Waals surface area contributed by atoms with Crippen LogP contribution in [0.15, 0.2) is 24.4 Å². The van der Waals surface area contributed by atoms with E-state index < -0.39 is 0 Å². The number of benzene rings is 1. The highest BCUT2D eigenvalue weighted by Crippen LogP contribution is 2.34. The number of hydrogen-bond donors (Lipinski definition) is 2. The molecule has 3 rings (SSSR count). The Morgan fingerprint density at radius 1 is 1.38 bits per heavy atom. The van der Waals surface area contributed by atoms with E-state index in [0.29, 0.717) is 30.2 Å². The van der Waals surface area contributed by atoms with Crippen LogP contribution < -0.4 is 20.5 Å².